The molecule has 2 unspecified atom stereocenters. The van der Waals surface area contributed by atoms with Gasteiger partial charge in [-0.25, -0.2) is 0 Å². The third-order valence-corrected chi connectivity index (χ3v) is 3.51. The highest BCUT2D eigenvalue weighted by molar-refractivity contribution is 7.07. The van der Waals surface area contributed by atoms with E-state index in [1.165, 1.54) is 5.56 Å². The van der Waals surface area contributed by atoms with Crippen LogP contribution in [0.5, 0.6) is 0 Å². The highest BCUT2D eigenvalue weighted by Gasteiger charge is 2.37. The highest BCUT2D eigenvalue weighted by Crippen LogP contribution is 2.36. The maximum atomic E-state index is 6.16. The second kappa shape index (κ2) is 3.40. The third kappa shape index (κ3) is 1.64. The molecule has 72 valence electrons. The average molecular weight is 197 g/mol. The predicted molar refractivity (Wildman–Crippen MR) is 54.8 cm³/mol. The standard InChI is InChI=1S/C10H15NOS/c1-10(4-2-5-12-10)9(11)8-3-6-13-7-8/h3,6-7,9H,2,4-5,11H2,1H3. The smallest absolute Gasteiger partial charge is 0.0847 e. The van der Waals surface area contributed by atoms with Crippen molar-refractivity contribution in [1.29, 1.82) is 0 Å². The van der Waals surface area contributed by atoms with Crippen molar-refractivity contribution >= 4 is 11.3 Å². The van der Waals surface area contributed by atoms with Gasteiger partial charge < -0.3 is 10.5 Å². The van der Waals surface area contributed by atoms with Crippen molar-refractivity contribution in [3.8, 4) is 0 Å². The van der Waals surface area contributed by atoms with Crippen LogP contribution in [0.25, 0.3) is 0 Å². The Bertz CT molecular complexity index is 264. The summed E-state index contributed by atoms with van der Waals surface area (Å²) in [6, 6.07) is 2.11. The Balaban J connectivity index is 2.16. The molecule has 0 aliphatic carbocycles. The summed E-state index contributed by atoms with van der Waals surface area (Å²) >= 11 is 1.69. The third-order valence-electron chi connectivity index (χ3n) is 2.81. The summed E-state index contributed by atoms with van der Waals surface area (Å²) in [4.78, 5) is 0. The first-order valence-corrected chi connectivity index (χ1v) is 5.58. The summed E-state index contributed by atoms with van der Waals surface area (Å²) in [7, 11) is 0. The van der Waals surface area contributed by atoms with Gasteiger partial charge >= 0.3 is 0 Å². The van der Waals surface area contributed by atoms with Gasteiger partial charge in [0.1, 0.15) is 0 Å². The second-order valence-corrected chi connectivity index (χ2v) is 4.58. The van der Waals surface area contributed by atoms with Crippen molar-refractivity contribution in [1.82, 2.24) is 0 Å². The molecule has 3 heteroatoms. The summed E-state index contributed by atoms with van der Waals surface area (Å²) in [5.74, 6) is 0. The van der Waals surface area contributed by atoms with E-state index in [2.05, 4.69) is 23.8 Å². The molecule has 2 nitrogen and oxygen atoms in total. The van der Waals surface area contributed by atoms with Crippen LogP contribution in [-0.2, 0) is 4.74 Å². The topological polar surface area (TPSA) is 35.2 Å². The molecule has 13 heavy (non-hydrogen) atoms. The second-order valence-electron chi connectivity index (χ2n) is 3.80. The summed E-state index contributed by atoms with van der Waals surface area (Å²) in [5, 5.41) is 4.17. The van der Waals surface area contributed by atoms with E-state index < -0.39 is 0 Å². The monoisotopic (exact) mass is 197 g/mol. The van der Waals surface area contributed by atoms with E-state index in [0.717, 1.165) is 19.4 Å². The van der Waals surface area contributed by atoms with Crippen LogP contribution >= 0.6 is 11.3 Å². The number of ether oxygens (including phenoxy) is 1. The fraction of sp³-hybridized carbons (Fsp3) is 0.600. The lowest BCUT2D eigenvalue weighted by atomic mass is 9.90. The number of hydrogen-bond donors (Lipinski definition) is 1. The fourth-order valence-corrected chi connectivity index (χ4v) is 2.55. The molecule has 2 N–H and O–H groups in total. The minimum absolute atomic E-state index is 0.0289. The molecule has 1 aliphatic heterocycles. The van der Waals surface area contributed by atoms with Crippen LogP contribution in [0.1, 0.15) is 31.4 Å². The first-order valence-electron chi connectivity index (χ1n) is 4.64. The molecule has 0 radical (unpaired) electrons. The van der Waals surface area contributed by atoms with Crippen molar-refractivity contribution in [3.63, 3.8) is 0 Å². The molecule has 1 saturated heterocycles. The molecule has 1 fully saturated rings. The van der Waals surface area contributed by atoms with Crippen LogP contribution in [0, 0.1) is 0 Å². The molecular formula is C10H15NOS. The zero-order valence-corrected chi connectivity index (χ0v) is 8.64. The summed E-state index contributed by atoms with van der Waals surface area (Å²) in [6.07, 6.45) is 2.21. The normalized spacial score (nSPS) is 30.6. The van der Waals surface area contributed by atoms with E-state index in [4.69, 9.17) is 10.5 Å². The first kappa shape index (κ1) is 9.19. The van der Waals surface area contributed by atoms with Crippen LogP contribution in [0.4, 0.5) is 0 Å². The number of rotatable bonds is 2. The molecule has 0 saturated carbocycles. The van der Waals surface area contributed by atoms with Crippen molar-refractivity contribution in [3.05, 3.63) is 22.4 Å². The largest absolute Gasteiger partial charge is 0.373 e. The van der Waals surface area contributed by atoms with E-state index >= 15 is 0 Å². The maximum absolute atomic E-state index is 6.16. The zero-order valence-electron chi connectivity index (χ0n) is 7.82. The van der Waals surface area contributed by atoms with Gasteiger partial charge in [0, 0.05) is 6.61 Å². The highest BCUT2D eigenvalue weighted by atomic mass is 32.1. The first-order chi connectivity index (χ1) is 6.22. The molecule has 0 spiro atoms. The summed E-state index contributed by atoms with van der Waals surface area (Å²) < 4.78 is 5.71. The molecule has 2 heterocycles. The molecule has 0 amide bonds. The van der Waals surface area contributed by atoms with Gasteiger partial charge in [0.25, 0.3) is 0 Å². The average Bonchev–Trinajstić information content (AvgIpc) is 2.73. The molecule has 0 bridgehead atoms. The van der Waals surface area contributed by atoms with Crippen molar-refractivity contribution in [2.75, 3.05) is 6.61 Å². The Morgan fingerprint density at radius 1 is 1.69 bits per heavy atom. The molecular weight excluding hydrogens is 182 g/mol. The lowest BCUT2D eigenvalue weighted by Crippen LogP contribution is -2.37. The molecule has 2 atom stereocenters. The Labute approximate surface area is 82.7 Å². The Morgan fingerprint density at radius 2 is 2.54 bits per heavy atom. The van der Waals surface area contributed by atoms with Crippen LogP contribution in [0.2, 0.25) is 0 Å². The van der Waals surface area contributed by atoms with E-state index in [1.807, 2.05) is 0 Å². The van der Waals surface area contributed by atoms with E-state index in [9.17, 15) is 0 Å². The minimum atomic E-state index is -0.138. The van der Waals surface area contributed by atoms with Gasteiger partial charge in [-0.3, -0.25) is 0 Å². The van der Waals surface area contributed by atoms with E-state index in [1.54, 1.807) is 11.3 Å². The van der Waals surface area contributed by atoms with Gasteiger partial charge in [0.05, 0.1) is 11.6 Å². The summed E-state index contributed by atoms with van der Waals surface area (Å²) in [6.45, 7) is 2.97. The van der Waals surface area contributed by atoms with Gasteiger partial charge in [-0.2, -0.15) is 11.3 Å². The van der Waals surface area contributed by atoms with E-state index in [0.29, 0.717) is 0 Å². The van der Waals surface area contributed by atoms with Crippen molar-refractivity contribution < 1.29 is 4.74 Å². The molecule has 1 aliphatic rings. The van der Waals surface area contributed by atoms with Gasteiger partial charge in [0.15, 0.2) is 0 Å². The van der Waals surface area contributed by atoms with Crippen molar-refractivity contribution in [2.24, 2.45) is 5.73 Å². The Hall–Kier alpha value is -0.380. The van der Waals surface area contributed by atoms with Gasteiger partial charge in [-0.15, -0.1) is 0 Å². The SMILES string of the molecule is CC1(C(N)c2ccsc2)CCCO1. The Morgan fingerprint density at radius 3 is 3.08 bits per heavy atom. The lowest BCUT2D eigenvalue weighted by molar-refractivity contribution is -0.00163. The fourth-order valence-electron chi connectivity index (χ4n) is 1.85. The zero-order chi connectivity index (χ0) is 9.31. The summed E-state index contributed by atoms with van der Waals surface area (Å²) in [5.41, 5.74) is 7.23. The van der Waals surface area contributed by atoms with Gasteiger partial charge in [0.2, 0.25) is 0 Å². The van der Waals surface area contributed by atoms with Crippen LogP contribution < -0.4 is 5.73 Å². The molecule has 1 aromatic rings. The molecule has 2 rings (SSSR count). The molecule has 0 aromatic carbocycles. The van der Waals surface area contributed by atoms with Crippen LogP contribution in [0.3, 0.4) is 0 Å². The number of nitrogens with two attached hydrogens (primary N) is 1. The van der Waals surface area contributed by atoms with E-state index in [-0.39, 0.29) is 11.6 Å². The Kier molecular flexibility index (Phi) is 2.41. The predicted octanol–water partition coefficient (Wildman–Crippen LogP) is 2.32. The van der Waals surface area contributed by atoms with Crippen LogP contribution in [0.15, 0.2) is 16.8 Å². The number of thiophene rings is 1. The number of hydrogen-bond acceptors (Lipinski definition) is 3. The van der Waals surface area contributed by atoms with Crippen LogP contribution in [-0.4, -0.2) is 12.2 Å². The maximum Gasteiger partial charge on any atom is 0.0847 e. The molecule has 1 aromatic heterocycles. The lowest BCUT2D eigenvalue weighted by Gasteiger charge is -2.29. The quantitative estimate of drug-likeness (QED) is 0.789. The van der Waals surface area contributed by atoms with Crippen molar-refractivity contribution in [2.45, 2.75) is 31.4 Å². The minimum Gasteiger partial charge on any atom is -0.373 e. The van der Waals surface area contributed by atoms with Gasteiger partial charge in [-0.1, -0.05) is 0 Å². The van der Waals surface area contributed by atoms with Gasteiger partial charge in [-0.05, 0) is 42.2 Å².